The van der Waals surface area contributed by atoms with E-state index in [1.165, 1.54) is 32.5 Å². The summed E-state index contributed by atoms with van der Waals surface area (Å²) in [4.78, 5) is 27.5. The molecule has 2 rings (SSSR count). The Labute approximate surface area is 159 Å². The van der Waals surface area contributed by atoms with Crippen LogP contribution in [-0.2, 0) is 10.0 Å². The van der Waals surface area contributed by atoms with E-state index in [2.05, 4.69) is 10.3 Å². The number of amides is 2. The minimum atomic E-state index is -4.40. The van der Waals surface area contributed by atoms with Crippen LogP contribution < -0.4 is 14.8 Å². The zero-order chi connectivity index (χ0) is 19.5. The molecule has 0 bridgehead atoms. The molecule has 138 valence electrons. The lowest BCUT2D eigenvalue weighted by Crippen LogP contribution is -2.31. The Balaban J connectivity index is 2.45. The fraction of sp³-hybridized carbons (Fsp3) is 0.133. The third kappa shape index (κ3) is 4.06. The van der Waals surface area contributed by atoms with Crippen LogP contribution in [0.15, 0.2) is 35.4 Å². The summed E-state index contributed by atoms with van der Waals surface area (Å²) in [6.45, 7) is 0. The second-order valence-electron chi connectivity index (χ2n) is 4.84. The minimum Gasteiger partial charge on any atom is -0.480 e. The molecule has 0 saturated heterocycles. The first-order valence-electron chi connectivity index (χ1n) is 6.98. The average molecular weight is 418 g/mol. The fourth-order valence-corrected chi connectivity index (χ4v) is 3.83. The molecule has 0 aliphatic carbocycles. The molecule has 0 atom stereocenters. The zero-order valence-electron chi connectivity index (χ0n) is 13.5. The van der Waals surface area contributed by atoms with Gasteiger partial charge in [-0.15, -0.1) is 0 Å². The number of nitrogens with zero attached hydrogens (tertiary/aromatic N) is 1. The molecule has 8 nitrogen and oxygen atoms in total. The van der Waals surface area contributed by atoms with Crippen molar-refractivity contribution < 1.29 is 22.7 Å². The number of aromatic nitrogens is 1. The number of pyridine rings is 1. The summed E-state index contributed by atoms with van der Waals surface area (Å²) in [5.41, 5.74) is -0.194. The summed E-state index contributed by atoms with van der Waals surface area (Å²) in [6.07, 6.45) is 1.38. The van der Waals surface area contributed by atoms with Gasteiger partial charge in [0.05, 0.1) is 22.7 Å². The summed E-state index contributed by atoms with van der Waals surface area (Å²) in [6, 6.07) is 4.89. The van der Waals surface area contributed by atoms with Crippen LogP contribution in [0.3, 0.4) is 0 Å². The van der Waals surface area contributed by atoms with Crippen molar-refractivity contribution in [3.63, 3.8) is 0 Å². The standard InChI is InChI=1S/C15H13Cl2N3O5S/c1-18-13(21)9-6-12(11(17)7-10(9)16)26(23,24)20-14(22)8-4-3-5-19-15(8)25-2/h3-7H,1-2H3,(H,18,21)(H,20,22). The SMILES string of the molecule is CNC(=O)c1cc(S(=O)(=O)NC(=O)c2cccnc2OC)c(Cl)cc1Cl. The Morgan fingerprint density at radius 3 is 2.42 bits per heavy atom. The van der Waals surface area contributed by atoms with Crippen LogP contribution in [0.2, 0.25) is 10.0 Å². The van der Waals surface area contributed by atoms with Gasteiger partial charge in [-0.25, -0.2) is 18.1 Å². The molecular formula is C15H13Cl2N3O5S. The number of nitrogens with one attached hydrogen (secondary N) is 2. The Hall–Kier alpha value is -2.36. The van der Waals surface area contributed by atoms with Crippen LogP contribution in [0.25, 0.3) is 0 Å². The number of sulfonamides is 1. The van der Waals surface area contributed by atoms with E-state index in [1.807, 2.05) is 4.72 Å². The normalized spacial score (nSPS) is 10.9. The smallest absolute Gasteiger partial charge is 0.270 e. The molecule has 0 spiro atoms. The Morgan fingerprint density at radius 2 is 1.81 bits per heavy atom. The van der Waals surface area contributed by atoms with Crippen LogP contribution in [0, 0.1) is 0 Å². The van der Waals surface area contributed by atoms with E-state index in [4.69, 9.17) is 27.9 Å². The van der Waals surface area contributed by atoms with Crippen LogP contribution in [0.5, 0.6) is 5.88 Å². The zero-order valence-corrected chi connectivity index (χ0v) is 15.9. The van der Waals surface area contributed by atoms with Crippen LogP contribution in [-0.4, -0.2) is 39.4 Å². The van der Waals surface area contributed by atoms with Gasteiger partial charge in [0.2, 0.25) is 5.88 Å². The third-order valence-corrected chi connectivity index (χ3v) is 5.33. The maximum absolute atomic E-state index is 12.6. The molecule has 2 N–H and O–H groups in total. The molecule has 1 aromatic heterocycles. The average Bonchev–Trinajstić information content (AvgIpc) is 2.60. The van der Waals surface area contributed by atoms with Crippen molar-refractivity contribution in [3.05, 3.63) is 51.6 Å². The van der Waals surface area contributed by atoms with Gasteiger partial charge in [0.1, 0.15) is 10.5 Å². The maximum Gasteiger partial charge on any atom is 0.270 e. The van der Waals surface area contributed by atoms with Crippen molar-refractivity contribution in [2.75, 3.05) is 14.2 Å². The molecular weight excluding hydrogens is 405 g/mol. The summed E-state index contributed by atoms with van der Waals surface area (Å²) < 4.78 is 31.9. The molecule has 2 amide bonds. The predicted molar refractivity (Wildman–Crippen MR) is 95.3 cm³/mol. The molecule has 0 saturated carbocycles. The van der Waals surface area contributed by atoms with Crippen LogP contribution in [0.4, 0.5) is 0 Å². The highest BCUT2D eigenvalue weighted by Gasteiger charge is 2.26. The van der Waals surface area contributed by atoms with Crippen LogP contribution in [0.1, 0.15) is 20.7 Å². The molecule has 0 unspecified atom stereocenters. The lowest BCUT2D eigenvalue weighted by atomic mass is 10.2. The number of hydrogen-bond acceptors (Lipinski definition) is 6. The van der Waals surface area contributed by atoms with E-state index < -0.39 is 26.7 Å². The third-order valence-electron chi connectivity index (χ3n) is 3.22. The van der Waals surface area contributed by atoms with Gasteiger partial charge in [-0.3, -0.25) is 9.59 Å². The molecule has 11 heteroatoms. The monoisotopic (exact) mass is 417 g/mol. The van der Waals surface area contributed by atoms with Gasteiger partial charge >= 0.3 is 0 Å². The van der Waals surface area contributed by atoms with Crippen molar-refractivity contribution in [1.29, 1.82) is 0 Å². The predicted octanol–water partition coefficient (Wildman–Crippen LogP) is 1.88. The van der Waals surface area contributed by atoms with Crippen molar-refractivity contribution in [2.24, 2.45) is 0 Å². The quantitative estimate of drug-likeness (QED) is 0.767. The number of carbonyl (C=O) groups is 2. The van der Waals surface area contributed by atoms with Gasteiger partial charge in [-0.1, -0.05) is 23.2 Å². The molecule has 0 fully saturated rings. The lowest BCUT2D eigenvalue weighted by molar-refractivity contribution is 0.0959. The van der Waals surface area contributed by atoms with E-state index in [0.717, 1.165) is 12.1 Å². The molecule has 0 aliphatic rings. The number of rotatable bonds is 5. The summed E-state index contributed by atoms with van der Waals surface area (Å²) in [5, 5.41) is 2.05. The number of hydrogen-bond donors (Lipinski definition) is 2. The van der Waals surface area contributed by atoms with E-state index in [-0.39, 0.29) is 27.1 Å². The van der Waals surface area contributed by atoms with Gasteiger partial charge < -0.3 is 10.1 Å². The molecule has 0 radical (unpaired) electrons. The fourth-order valence-electron chi connectivity index (χ4n) is 2.00. The van der Waals surface area contributed by atoms with Gasteiger partial charge in [-0.05, 0) is 24.3 Å². The van der Waals surface area contributed by atoms with Gasteiger partial charge in [-0.2, -0.15) is 0 Å². The second kappa shape index (κ2) is 7.90. The maximum atomic E-state index is 12.6. The van der Waals surface area contributed by atoms with E-state index in [9.17, 15) is 18.0 Å². The van der Waals surface area contributed by atoms with Crippen molar-refractivity contribution in [3.8, 4) is 5.88 Å². The van der Waals surface area contributed by atoms with E-state index in [1.54, 1.807) is 0 Å². The lowest BCUT2D eigenvalue weighted by Gasteiger charge is -2.12. The summed E-state index contributed by atoms with van der Waals surface area (Å²) >= 11 is 11.9. The van der Waals surface area contributed by atoms with E-state index in [0.29, 0.717) is 0 Å². The van der Waals surface area contributed by atoms with E-state index >= 15 is 0 Å². The number of ether oxygens (including phenoxy) is 1. The molecule has 0 aliphatic heterocycles. The Morgan fingerprint density at radius 1 is 1.12 bits per heavy atom. The Bertz CT molecular complexity index is 979. The second-order valence-corrected chi connectivity index (χ2v) is 7.30. The van der Waals surface area contributed by atoms with Crippen molar-refractivity contribution in [1.82, 2.24) is 15.0 Å². The number of halogens is 2. The minimum absolute atomic E-state index is 0.0337. The van der Waals surface area contributed by atoms with Crippen molar-refractivity contribution >= 4 is 45.0 Å². The van der Waals surface area contributed by atoms with Gasteiger partial charge in [0, 0.05) is 13.2 Å². The first-order valence-corrected chi connectivity index (χ1v) is 9.22. The number of benzene rings is 1. The Kier molecular flexibility index (Phi) is 6.06. The first kappa shape index (κ1) is 20.0. The molecule has 1 heterocycles. The largest absolute Gasteiger partial charge is 0.480 e. The highest BCUT2D eigenvalue weighted by Crippen LogP contribution is 2.29. The highest BCUT2D eigenvalue weighted by atomic mass is 35.5. The molecule has 1 aromatic carbocycles. The highest BCUT2D eigenvalue weighted by molar-refractivity contribution is 7.90. The topological polar surface area (TPSA) is 114 Å². The summed E-state index contributed by atoms with van der Waals surface area (Å²) in [7, 11) is -1.75. The number of carbonyl (C=O) groups excluding carboxylic acids is 2. The van der Waals surface area contributed by atoms with Gasteiger partial charge in [0.15, 0.2) is 0 Å². The first-order chi connectivity index (χ1) is 12.2. The van der Waals surface area contributed by atoms with Gasteiger partial charge in [0.25, 0.3) is 21.8 Å². The number of methoxy groups -OCH3 is 1. The van der Waals surface area contributed by atoms with Crippen molar-refractivity contribution in [2.45, 2.75) is 4.90 Å². The van der Waals surface area contributed by atoms with Crippen LogP contribution >= 0.6 is 23.2 Å². The molecule has 2 aromatic rings. The molecule has 26 heavy (non-hydrogen) atoms. The summed E-state index contributed by atoms with van der Waals surface area (Å²) in [5.74, 6) is -1.63.